The first-order chi connectivity index (χ1) is 6.65. The highest BCUT2D eigenvalue weighted by atomic mass is 14.1. The molecular formula is C13H25B. The molecule has 0 spiro atoms. The molecule has 0 aliphatic rings. The van der Waals surface area contributed by atoms with Crippen LogP contribution in [0.4, 0.5) is 0 Å². The lowest BCUT2D eigenvalue weighted by molar-refractivity contribution is 0.644. The van der Waals surface area contributed by atoms with Crippen LogP contribution < -0.4 is 0 Å². The van der Waals surface area contributed by atoms with Crippen LogP contribution in [0.15, 0.2) is 23.3 Å². The molecule has 0 nitrogen and oxygen atoms in total. The summed E-state index contributed by atoms with van der Waals surface area (Å²) >= 11 is 0. The van der Waals surface area contributed by atoms with E-state index < -0.39 is 0 Å². The first-order valence-electron chi connectivity index (χ1n) is 5.64. The molecule has 0 saturated carbocycles. The maximum absolute atomic E-state index is 5.57. The van der Waals surface area contributed by atoms with Gasteiger partial charge in [-0.1, -0.05) is 44.8 Å². The zero-order valence-electron chi connectivity index (χ0n) is 10.7. The van der Waals surface area contributed by atoms with Crippen molar-refractivity contribution in [3.63, 3.8) is 0 Å². The Kier molecular flexibility index (Phi) is 12.1. The number of rotatable bonds is 4. The second kappa shape index (κ2) is 10.6. The van der Waals surface area contributed by atoms with E-state index in [0.29, 0.717) is 5.92 Å². The zero-order chi connectivity index (χ0) is 11.6. The number of hydrogen-bond donors (Lipinski definition) is 0. The average Bonchev–Trinajstić information content (AvgIpc) is 2.27. The molecule has 0 bridgehead atoms. The molecule has 0 rings (SSSR count). The number of hydrogen-bond acceptors (Lipinski definition) is 0. The van der Waals surface area contributed by atoms with Crippen LogP contribution in [-0.2, 0) is 0 Å². The quantitative estimate of drug-likeness (QED) is 0.453. The van der Waals surface area contributed by atoms with Crippen LogP contribution in [0.3, 0.4) is 0 Å². The minimum atomic E-state index is 0.589. The van der Waals surface area contributed by atoms with Crippen molar-refractivity contribution in [1.29, 1.82) is 0 Å². The molecule has 0 aromatic rings. The summed E-state index contributed by atoms with van der Waals surface area (Å²) in [5.74, 6) is 0.589. The lowest BCUT2D eigenvalue weighted by Gasteiger charge is -2.12. The van der Waals surface area contributed by atoms with Gasteiger partial charge in [0.15, 0.2) is 0 Å². The Morgan fingerprint density at radius 2 is 1.71 bits per heavy atom. The Labute approximate surface area is 91.9 Å². The van der Waals surface area contributed by atoms with Crippen LogP contribution in [-0.4, -0.2) is 7.85 Å². The second-order valence-electron chi connectivity index (χ2n) is 3.33. The topological polar surface area (TPSA) is 0 Å². The van der Waals surface area contributed by atoms with Gasteiger partial charge in [0.25, 0.3) is 0 Å². The van der Waals surface area contributed by atoms with Crippen molar-refractivity contribution in [3.8, 4) is 0 Å². The van der Waals surface area contributed by atoms with Crippen LogP contribution >= 0.6 is 0 Å². The summed E-state index contributed by atoms with van der Waals surface area (Å²) in [5.41, 5.74) is 2.80. The van der Waals surface area contributed by atoms with Gasteiger partial charge in [0.1, 0.15) is 0 Å². The van der Waals surface area contributed by atoms with Gasteiger partial charge >= 0.3 is 0 Å². The predicted molar refractivity (Wildman–Crippen MR) is 68.9 cm³/mol. The van der Waals surface area contributed by atoms with Crippen LogP contribution in [0.25, 0.3) is 0 Å². The maximum Gasteiger partial charge on any atom is 0.0656 e. The highest BCUT2D eigenvalue weighted by Crippen LogP contribution is 2.20. The minimum absolute atomic E-state index is 0.589. The van der Waals surface area contributed by atoms with Crippen molar-refractivity contribution in [2.75, 3.05) is 0 Å². The van der Waals surface area contributed by atoms with Gasteiger partial charge in [-0.05, 0) is 38.7 Å². The van der Waals surface area contributed by atoms with E-state index in [1.807, 2.05) is 13.8 Å². The second-order valence-corrected chi connectivity index (χ2v) is 3.33. The Hall–Kier alpha value is -0.455. The van der Waals surface area contributed by atoms with E-state index in [2.05, 4.69) is 39.8 Å². The third-order valence-electron chi connectivity index (χ3n) is 2.26. The molecule has 80 valence electrons. The van der Waals surface area contributed by atoms with Crippen molar-refractivity contribution in [2.24, 2.45) is 5.92 Å². The van der Waals surface area contributed by atoms with E-state index in [-0.39, 0.29) is 0 Å². The molecule has 1 unspecified atom stereocenters. The van der Waals surface area contributed by atoms with Gasteiger partial charge in [0.2, 0.25) is 0 Å². The molecule has 0 aromatic heterocycles. The van der Waals surface area contributed by atoms with Crippen molar-refractivity contribution in [3.05, 3.63) is 23.3 Å². The van der Waals surface area contributed by atoms with Crippen LogP contribution in [0, 0.1) is 5.92 Å². The Morgan fingerprint density at radius 1 is 1.21 bits per heavy atom. The summed E-state index contributed by atoms with van der Waals surface area (Å²) in [6.07, 6.45) is 6.21. The van der Waals surface area contributed by atoms with Crippen LogP contribution in [0.2, 0.25) is 6.32 Å². The summed E-state index contributed by atoms with van der Waals surface area (Å²) in [6.45, 7) is 12.5. The molecule has 0 fully saturated rings. The minimum Gasteiger partial charge on any atom is -0.0859 e. The van der Waals surface area contributed by atoms with E-state index in [0.717, 1.165) is 12.7 Å². The third kappa shape index (κ3) is 7.00. The predicted octanol–water partition coefficient (Wildman–Crippen LogP) is 4.54. The fourth-order valence-electron chi connectivity index (χ4n) is 1.15. The van der Waals surface area contributed by atoms with Crippen LogP contribution in [0.1, 0.15) is 48.0 Å². The molecule has 0 N–H and O–H groups in total. The Bertz CT molecular complexity index is 178. The molecule has 0 aromatic carbocycles. The van der Waals surface area contributed by atoms with Gasteiger partial charge in [-0.15, -0.1) is 0 Å². The molecule has 1 atom stereocenters. The number of allylic oxidation sites excluding steroid dienone is 4. The summed E-state index contributed by atoms with van der Waals surface area (Å²) < 4.78 is 0. The normalized spacial score (nSPS) is 14.4. The molecular weight excluding hydrogens is 167 g/mol. The van der Waals surface area contributed by atoms with Crippen molar-refractivity contribution in [2.45, 2.75) is 54.3 Å². The lowest BCUT2D eigenvalue weighted by atomic mass is 9.86. The largest absolute Gasteiger partial charge is 0.0859 e. The zero-order valence-corrected chi connectivity index (χ0v) is 10.7. The SMILES string of the molecule is CC.[B]CC(C)CC(=C/C)/C(C)=C\C. The smallest absolute Gasteiger partial charge is 0.0656 e. The third-order valence-corrected chi connectivity index (χ3v) is 2.26. The van der Waals surface area contributed by atoms with E-state index >= 15 is 0 Å². The monoisotopic (exact) mass is 192 g/mol. The molecule has 0 amide bonds. The van der Waals surface area contributed by atoms with E-state index in [9.17, 15) is 0 Å². The van der Waals surface area contributed by atoms with Gasteiger partial charge in [0, 0.05) is 0 Å². The van der Waals surface area contributed by atoms with Crippen molar-refractivity contribution in [1.82, 2.24) is 0 Å². The van der Waals surface area contributed by atoms with Gasteiger partial charge in [-0.25, -0.2) is 0 Å². The Balaban J connectivity index is 0. The summed E-state index contributed by atoms with van der Waals surface area (Å²) in [4.78, 5) is 0. The van der Waals surface area contributed by atoms with E-state index in [1.54, 1.807) is 0 Å². The van der Waals surface area contributed by atoms with Gasteiger partial charge < -0.3 is 0 Å². The molecule has 1 heteroatoms. The fraction of sp³-hybridized carbons (Fsp3) is 0.692. The summed E-state index contributed by atoms with van der Waals surface area (Å²) in [7, 11) is 5.57. The molecule has 0 aliphatic heterocycles. The van der Waals surface area contributed by atoms with E-state index in [1.165, 1.54) is 11.1 Å². The maximum atomic E-state index is 5.57. The lowest BCUT2D eigenvalue weighted by Crippen LogP contribution is -1.97. The van der Waals surface area contributed by atoms with Gasteiger partial charge in [-0.3, -0.25) is 0 Å². The highest BCUT2D eigenvalue weighted by Gasteiger charge is 2.03. The average molecular weight is 192 g/mol. The molecule has 0 saturated heterocycles. The standard InChI is InChI=1S/C11H19B.C2H6/c1-5-10(4)11(6-2)7-9(3)8-12;1-2/h5-6,9H,7-8H2,1-4H3;1-2H3/b10-5-,11-6-;. The molecule has 14 heavy (non-hydrogen) atoms. The van der Waals surface area contributed by atoms with Crippen LogP contribution in [0.5, 0.6) is 0 Å². The van der Waals surface area contributed by atoms with Gasteiger partial charge in [0.05, 0.1) is 7.85 Å². The van der Waals surface area contributed by atoms with E-state index in [4.69, 9.17) is 7.85 Å². The molecule has 0 heterocycles. The summed E-state index contributed by atoms with van der Waals surface area (Å²) in [5, 5.41) is 0. The van der Waals surface area contributed by atoms with Crippen molar-refractivity contribution >= 4 is 7.85 Å². The fourth-order valence-corrected chi connectivity index (χ4v) is 1.15. The first kappa shape index (κ1) is 16.0. The first-order valence-corrected chi connectivity index (χ1v) is 5.64. The Morgan fingerprint density at radius 3 is 2.00 bits per heavy atom. The molecule has 2 radical (unpaired) electrons. The summed E-state index contributed by atoms with van der Waals surface area (Å²) in [6, 6.07) is 0. The highest BCUT2D eigenvalue weighted by molar-refractivity contribution is 6.08. The van der Waals surface area contributed by atoms with Crippen molar-refractivity contribution < 1.29 is 0 Å². The van der Waals surface area contributed by atoms with Gasteiger partial charge in [-0.2, -0.15) is 0 Å². The molecule has 0 aliphatic carbocycles.